The SMILES string of the molecule is C#CCOCCC(=O)N(C)CC(=O)Nc1cc(COC(=O)n2cncn2)ccc1O[C@H]1OC(C(=O)OC)[C@@H](OC(C)=O)C(OC(C)=O)C1OC(C)=O. The van der Waals surface area contributed by atoms with Gasteiger partial charge in [0.15, 0.2) is 18.3 Å². The van der Waals surface area contributed by atoms with Crippen LogP contribution in [0.4, 0.5) is 10.5 Å². The Balaban J connectivity index is 1.98. The lowest BCUT2D eigenvalue weighted by Crippen LogP contribution is -2.64. The van der Waals surface area contributed by atoms with Crippen LogP contribution in [0.2, 0.25) is 0 Å². The van der Waals surface area contributed by atoms with Gasteiger partial charge in [-0.15, -0.1) is 11.5 Å². The van der Waals surface area contributed by atoms with Crippen molar-refractivity contribution in [1.29, 1.82) is 0 Å². The molecule has 1 fully saturated rings. The van der Waals surface area contributed by atoms with Crippen LogP contribution in [-0.2, 0) is 68.5 Å². The molecule has 2 amide bonds. The number of benzene rings is 1. The van der Waals surface area contributed by atoms with Crippen LogP contribution in [0.3, 0.4) is 0 Å². The average molecular weight is 732 g/mol. The summed E-state index contributed by atoms with van der Waals surface area (Å²) in [5.74, 6) is -2.76. The molecule has 0 radical (unpaired) electrons. The maximum atomic E-state index is 13.2. The molecule has 3 rings (SSSR count). The van der Waals surface area contributed by atoms with Gasteiger partial charge in [-0.2, -0.15) is 4.68 Å². The largest absolute Gasteiger partial charge is 0.467 e. The van der Waals surface area contributed by atoms with Gasteiger partial charge < -0.3 is 48.1 Å². The summed E-state index contributed by atoms with van der Waals surface area (Å²) in [6.07, 6.45) is -1.98. The van der Waals surface area contributed by atoms with E-state index in [-0.39, 0.29) is 37.7 Å². The number of methoxy groups -OCH3 is 1. The van der Waals surface area contributed by atoms with Crippen molar-refractivity contribution >= 4 is 47.5 Å². The summed E-state index contributed by atoms with van der Waals surface area (Å²) in [6.45, 7) is 2.39. The number of nitrogens with one attached hydrogen (secondary N) is 1. The highest BCUT2D eigenvalue weighted by Gasteiger charge is 2.56. The van der Waals surface area contributed by atoms with E-state index in [2.05, 4.69) is 21.3 Å². The van der Waals surface area contributed by atoms with E-state index in [4.69, 9.17) is 44.3 Å². The lowest BCUT2D eigenvalue weighted by atomic mass is 9.97. The first-order chi connectivity index (χ1) is 24.7. The molecule has 0 aliphatic carbocycles. The number of hydrogen-bond acceptors (Lipinski definition) is 17. The zero-order valence-electron chi connectivity index (χ0n) is 28.8. The van der Waals surface area contributed by atoms with Crippen molar-refractivity contribution < 1.29 is 71.5 Å². The standard InChI is InChI=1S/C32H37N5O15/c1-7-11-46-12-10-25(42)36(5)14-24(41)35-22-13-21(15-47-32(44)37-17-33-16-34-37)8-9-23(22)51-31-29(50-20(4)40)27(49-19(3)39)26(48-18(2)38)28(52-31)30(43)45-6/h1,8-9,13,16-17,26-29,31H,10-12,14-15H2,2-6H3,(H,35,41)/t26-,27?,28?,29?,31-/m0/s1. The van der Waals surface area contributed by atoms with Gasteiger partial charge in [0.25, 0.3) is 0 Å². The highest BCUT2D eigenvalue weighted by atomic mass is 16.7. The highest BCUT2D eigenvalue weighted by molar-refractivity contribution is 5.95. The molecule has 3 unspecified atom stereocenters. The molecular formula is C32H37N5O15. The molecule has 1 aromatic heterocycles. The summed E-state index contributed by atoms with van der Waals surface area (Å²) >= 11 is 0. The van der Waals surface area contributed by atoms with Gasteiger partial charge in [-0.3, -0.25) is 24.0 Å². The monoisotopic (exact) mass is 731 g/mol. The molecule has 20 heteroatoms. The summed E-state index contributed by atoms with van der Waals surface area (Å²) < 4.78 is 43.9. The molecule has 20 nitrogen and oxygen atoms in total. The molecular weight excluding hydrogens is 694 g/mol. The van der Waals surface area contributed by atoms with Crippen molar-refractivity contribution in [2.24, 2.45) is 0 Å². The molecule has 2 heterocycles. The molecule has 0 spiro atoms. The minimum atomic E-state index is -1.76. The molecule has 1 N–H and O–H groups in total. The van der Waals surface area contributed by atoms with Gasteiger partial charge in [-0.1, -0.05) is 12.0 Å². The number of carbonyl (C=O) groups excluding carboxylic acids is 7. The van der Waals surface area contributed by atoms with Gasteiger partial charge in [0, 0.05) is 27.8 Å². The van der Waals surface area contributed by atoms with Crippen LogP contribution in [0.25, 0.3) is 0 Å². The van der Waals surface area contributed by atoms with Crippen LogP contribution >= 0.6 is 0 Å². The van der Waals surface area contributed by atoms with Crippen LogP contribution in [0, 0.1) is 12.3 Å². The number of hydrogen-bond donors (Lipinski definition) is 1. The predicted molar refractivity (Wildman–Crippen MR) is 171 cm³/mol. The van der Waals surface area contributed by atoms with Crippen LogP contribution in [0.1, 0.15) is 32.8 Å². The van der Waals surface area contributed by atoms with Crippen molar-refractivity contribution in [3.05, 3.63) is 36.4 Å². The Morgan fingerprint density at radius 1 is 1.00 bits per heavy atom. The summed E-state index contributed by atoms with van der Waals surface area (Å²) in [5.41, 5.74) is 0.260. The molecule has 0 bridgehead atoms. The topological polar surface area (TPSA) is 239 Å². The predicted octanol–water partition coefficient (Wildman–Crippen LogP) is -0.0284. The van der Waals surface area contributed by atoms with Crippen molar-refractivity contribution in [2.75, 3.05) is 39.2 Å². The third kappa shape index (κ3) is 11.8. The van der Waals surface area contributed by atoms with Gasteiger partial charge in [-0.25, -0.2) is 14.6 Å². The number of nitrogens with zero attached hydrogens (tertiary/aromatic N) is 4. The summed E-state index contributed by atoms with van der Waals surface area (Å²) in [5, 5.41) is 6.30. The van der Waals surface area contributed by atoms with Gasteiger partial charge in [0.2, 0.25) is 24.2 Å². The average Bonchev–Trinajstić information content (AvgIpc) is 3.63. The molecule has 52 heavy (non-hydrogen) atoms. The van der Waals surface area contributed by atoms with Gasteiger partial charge in [-0.05, 0) is 17.7 Å². The molecule has 280 valence electrons. The van der Waals surface area contributed by atoms with E-state index in [9.17, 15) is 33.6 Å². The Kier molecular flexibility index (Phi) is 15.0. The first-order valence-electron chi connectivity index (χ1n) is 15.3. The van der Waals surface area contributed by atoms with Crippen LogP contribution in [-0.4, -0.2) is 126 Å². The van der Waals surface area contributed by atoms with E-state index in [0.717, 1.165) is 50.1 Å². The zero-order chi connectivity index (χ0) is 38.4. The van der Waals surface area contributed by atoms with Gasteiger partial charge in [0.05, 0.1) is 32.4 Å². The Morgan fingerprint density at radius 2 is 1.67 bits per heavy atom. The third-order valence-corrected chi connectivity index (χ3v) is 6.82. The lowest BCUT2D eigenvalue weighted by Gasteiger charge is -2.43. The van der Waals surface area contributed by atoms with Crippen LogP contribution in [0.15, 0.2) is 30.9 Å². The van der Waals surface area contributed by atoms with E-state index in [1.165, 1.54) is 25.2 Å². The minimum Gasteiger partial charge on any atom is -0.467 e. The quantitative estimate of drug-likeness (QED) is 0.109. The van der Waals surface area contributed by atoms with Crippen LogP contribution < -0.4 is 10.1 Å². The third-order valence-electron chi connectivity index (χ3n) is 6.82. The Labute approximate surface area is 296 Å². The number of rotatable bonds is 15. The second-order valence-corrected chi connectivity index (χ2v) is 10.8. The number of esters is 4. The fourth-order valence-electron chi connectivity index (χ4n) is 4.66. The van der Waals surface area contributed by atoms with E-state index < -0.39 is 79.0 Å². The number of anilines is 1. The molecule has 1 aromatic carbocycles. The summed E-state index contributed by atoms with van der Waals surface area (Å²) in [7, 11) is 2.42. The van der Waals surface area contributed by atoms with Crippen molar-refractivity contribution in [2.45, 2.75) is 64.5 Å². The molecule has 2 aromatic rings. The number of carbonyl (C=O) groups is 7. The Hall–Kier alpha value is -6.07. The molecule has 0 saturated carbocycles. The minimum absolute atomic E-state index is 0.0141. The fraction of sp³-hybridized carbons (Fsp3) is 0.469. The number of aromatic nitrogens is 3. The number of ether oxygens (including phenoxy) is 8. The van der Waals surface area contributed by atoms with Gasteiger partial charge >= 0.3 is 30.0 Å². The molecule has 1 aliphatic rings. The Bertz CT molecular complexity index is 1660. The van der Waals surface area contributed by atoms with E-state index >= 15 is 0 Å². The maximum absolute atomic E-state index is 13.2. The highest BCUT2D eigenvalue weighted by Crippen LogP contribution is 2.34. The van der Waals surface area contributed by atoms with Crippen molar-refractivity contribution in [3.63, 3.8) is 0 Å². The Morgan fingerprint density at radius 3 is 2.29 bits per heavy atom. The van der Waals surface area contributed by atoms with E-state index in [1.807, 2.05) is 0 Å². The number of likely N-dealkylation sites (N-methyl/N-ethyl adjacent to an activating group) is 1. The smallest absolute Gasteiger partial charge is 0.436 e. The zero-order valence-corrected chi connectivity index (χ0v) is 28.8. The van der Waals surface area contributed by atoms with E-state index in [0.29, 0.717) is 5.56 Å². The molecule has 5 atom stereocenters. The molecule has 1 aliphatic heterocycles. The second-order valence-electron chi connectivity index (χ2n) is 10.8. The lowest BCUT2D eigenvalue weighted by molar-refractivity contribution is -0.282. The first kappa shape index (κ1) is 40.4. The van der Waals surface area contributed by atoms with Crippen LogP contribution in [0.5, 0.6) is 5.75 Å². The molecule has 1 saturated heterocycles. The second kappa shape index (κ2) is 19.4. The summed E-state index contributed by atoms with van der Waals surface area (Å²) in [6, 6.07) is 4.13. The van der Waals surface area contributed by atoms with E-state index in [1.54, 1.807) is 0 Å². The maximum Gasteiger partial charge on any atom is 0.436 e. The fourth-order valence-corrected chi connectivity index (χ4v) is 4.66. The van der Waals surface area contributed by atoms with Gasteiger partial charge in [0.1, 0.15) is 31.6 Å². The van der Waals surface area contributed by atoms with Crippen molar-refractivity contribution in [3.8, 4) is 18.1 Å². The normalized spacial score (nSPS) is 19.2. The number of terminal acetylenes is 1. The summed E-state index contributed by atoms with van der Waals surface area (Å²) in [4.78, 5) is 92.1. The first-order valence-corrected chi connectivity index (χ1v) is 15.3. The number of amides is 2. The van der Waals surface area contributed by atoms with Crippen molar-refractivity contribution in [1.82, 2.24) is 19.7 Å².